The maximum Gasteiger partial charge on any atom is 0.227 e. The van der Waals surface area contributed by atoms with E-state index < -0.39 is 0 Å². The second kappa shape index (κ2) is 7.62. The number of hydrogen-bond donors (Lipinski definition) is 0. The van der Waals surface area contributed by atoms with Crippen LogP contribution in [0.25, 0.3) is 0 Å². The number of benzene rings is 1. The van der Waals surface area contributed by atoms with Gasteiger partial charge in [-0.3, -0.25) is 4.79 Å². The van der Waals surface area contributed by atoms with Crippen LogP contribution in [0.3, 0.4) is 0 Å². The van der Waals surface area contributed by atoms with Crippen molar-refractivity contribution in [2.75, 3.05) is 20.8 Å². The van der Waals surface area contributed by atoms with E-state index in [2.05, 4.69) is 5.16 Å². The number of aromatic nitrogens is 1. The molecule has 2 aromatic rings. The molecule has 23 heavy (non-hydrogen) atoms. The summed E-state index contributed by atoms with van der Waals surface area (Å²) in [7, 11) is 3.40. The van der Waals surface area contributed by atoms with Crippen molar-refractivity contribution >= 4 is 17.5 Å². The number of amides is 1. The Morgan fingerprint density at radius 1 is 1.35 bits per heavy atom. The standard InChI is InChI=1S/C17H21ClN2O3/c1-11-15(12(2)23-19-11)9-17(21)20(3)16(10-22-4)13-5-7-14(18)8-6-13/h5-8,16H,9-10H2,1-4H3/t16-/m0/s1. The van der Waals surface area contributed by atoms with Crippen molar-refractivity contribution in [3.63, 3.8) is 0 Å². The molecule has 1 heterocycles. The van der Waals surface area contributed by atoms with Crippen molar-refractivity contribution in [2.45, 2.75) is 26.3 Å². The number of likely N-dealkylation sites (N-methyl/N-ethyl adjacent to an activating group) is 1. The van der Waals surface area contributed by atoms with Gasteiger partial charge in [-0.1, -0.05) is 28.9 Å². The summed E-state index contributed by atoms with van der Waals surface area (Å²) >= 11 is 5.94. The average molecular weight is 337 g/mol. The van der Waals surface area contributed by atoms with Crippen LogP contribution in [0, 0.1) is 13.8 Å². The van der Waals surface area contributed by atoms with Gasteiger partial charge in [-0.2, -0.15) is 0 Å². The number of methoxy groups -OCH3 is 1. The summed E-state index contributed by atoms with van der Waals surface area (Å²) in [6.45, 7) is 4.06. The molecule has 0 radical (unpaired) electrons. The van der Waals surface area contributed by atoms with E-state index in [0.717, 1.165) is 16.8 Å². The van der Waals surface area contributed by atoms with Crippen LogP contribution in [0.15, 0.2) is 28.8 Å². The summed E-state index contributed by atoms with van der Waals surface area (Å²) in [6.07, 6.45) is 0.255. The third-order valence-electron chi connectivity index (χ3n) is 3.95. The molecule has 1 aromatic heterocycles. The van der Waals surface area contributed by atoms with Crippen LogP contribution in [0.1, 0.15) is 28.6 Å². The molecular weight excluding hydrogens is 316 g/mol. The van der Waals surface area contributed by atoms with E-state index in [1.54, 1.807) is 19.1 Å². The first-order valence-corrected chi connectivity index (χ1v) is 7.73. The van der Waals surface area contributed by atoms with Crippen molar-refractivity contribution in [2.24, 2.45) is 0 Å². The first-order chi connectivity index (χ1) is 10.9. The molecule has 0 spiro atoms. The molecule has 0 fully saturated rings. The quantitative estimate of drug-likeness (QED) is 0.812. The van der Waals surface area contributed by atoms with Crippen molar-refractivity contribution in [1.82, 2.24) is 10.1 Å². The number of carbonyl (C=O) groups excluding carboxylic acids is 1. The number of hydrogen-bond acceptors (Lipinski definition) is 4. The van der Waals surface area contributed by atoms with Gasteiger partial charge in [0, 0.05) is 24.7 Å². The van der Waals surface area contributed by atoms with Crippen molar-refractivity contribution in [3.8, 4) is 0 Å². The molecule has 0 saturated heterocycles. The fraction of sp³-hybridized carbons (Fsp3) is 0.412. The van der Waals surface area contributed by atoms with Gasteiger partial charge in [0.15, 0.2) is 0 Å². The minimum Gasteiger partial charge on any atom is -0.382 e. The molecule has 124 valence electrons. The Hall–Kier alpha value is -1.85. The van der Waals surface area contributed by atoms with Gasteiger partial charge in [0.25, 0.3) is 0 Å². The first-order valence-electron chi connectivity index (χ1n) is 7.35. The zero-order valence-electron chi connectivity index (χ0n) is 13.8. The lowest BCUT2D eigenvalue weighted by molar-refractivity contribution is -0.132. The third kappa shape index (κ3) is 4.12. The highest BCUT2D eigenvalue weighted by Gasteiger charge is 2.24. The van der Waals surface area contributed by atoms with Crippen LogP contribution in [0.5, 0.6) is 0 Å². The number of aryl methyl sites for hydroxylation is 2. The van der Waals surface area contributed by atoms with Crippen molar-refractivity contribution < 1.29 is 14.1 Å². The molecule has 0 bridgehead atoms. The van der Waals surface area contributed by atoms with Crippen molar-refractivity contribution in [3.05, 3.63) is 51.9 Å². The maximum absolute atomic E-state index is 12.6. The molecule has 1 amide bonds. The Bertz CT molecular complexity index is 647. The largest absolute Gasteiger partial charge is 0.382 e. The van der Waals surface area contributed by atoms with E-state index in [-0.39, 0.29) is 18.4 Å². The summed E-state index contributed by atoms with van der Waals surface area (Å²) in [4.78, 5) is 14.3. The van der Waals surface area contributed by atoms with Gasteiger partial charge in [-0.15, -0.1) is 0 Å². The smallest absolute Gasteiger partial charge is 0.227 e. The minimum atomic E-state index is -0.176. The summed E-state index contributed by atoms with van der Waals surface area (Å²) in [5.41, 5.74) is 2.57. The predicted octanol–water partition coefficient (Wildman–Crippen LogP) is 3.33. The molecule has 0 N–H and O–H groups in total. The molecule has 1 aromatic carbocycles. The summed E-state index contributed by atoms with van der Waals surface area (Å²) in [6, 6.07) is 7.26. The first kappa shape index (κ1) is 17.5. The molecule has 0 unspecified atom stereocenters. The Morgan fingerprint density at radius 2 is 2.00 bits per heavy atom. The normalized spacial score (nSPS) is 12.2. The summed E-state index contributed by atoms with van der Waals surface area (Å²) < 4.78 is 10.4. The molecule has 0 aliphatic rings. The SMILES string of the molecule is COC[C@@H](c1ccc(Cl)cc1)N(C)C(=O)Cc1c(C)noc1C. The Morgan fingerprint density at radius 3 is 2.52 bits per heavy atom. The van der Waals surface area contributed by atoms with Gasteiger partial charge in [0.2, 0.25) is 5.91 Å². The van der Waals surface area contributed by atoms with Crippen molar-refractivity contribution in [1.29, 1.82) is 0 Å². The lowest BCUT2D eigenvalue weighted by Crippen LogP contribution is -2.35. The molecular formula is C17H21ClN2O3. The van der Waals surface area contributed by atoms with Gasteiger partial charge in [-0.25, -0.2) is 0 Å². The van der Waals surface area contributed by atoms with E-state index in [1.807, 2.05) is 38.1 Å². The van der Waals surface area contributed by atoms with Crippen LogP contribution in [0.2, 0.25) is 5.02 Å². The number of halogens is 1. The molecule has 2 rings (SSSR count). The van der Waals surface area contributed by atoms with E-state index in [9.17, 15) is 4.79 Å². The second-order valence-electron chi connectivity index (χ2n) is 5.51. The van der Waals surface area contributed by atoms with Gasteiger partial charge < -0.3 is 14.2 Å². The van der Waals surface area contributed by atoms with Crippen LogP contribution in [-0.2, 0) is 16.0 Å². The highest BCUT2D eigenvalue weighted by Crippen LogP contribution is 2.23. The molecule has 5 nitrogen and oxygen atoms in total. The van der Waals surface area contributed by atoms with Crippen LogP contribution >= 0.6 is 11.6 Å². The zero-order chi connectivity index (χ0) is 17.0. The van der Waals surface area contributed by atoms with E-state index >= 15 is 0 Å². The zero-order valence-corrected chi connectivity index (χ0v) is 14.6. The highest BCUT2D eigenvalue weighted by atomic mass is 35.5. The van der Waals surface area contributed by atoms with Gasteiger partial charge in [0.05, 0.1) is 24.8 Å². The monoisotopic (exact) mass is 336 g/mol. The Labute approximate surface area is 141 Å². The van der Waals surface area contributed by atoms with Crippen LogP contribution < -0.4 is 0 Å². The summed E-state index contributed by atoms with van der Waals surface area (Å²) in [5.74, 6) is 0.662. The molecule has 0 saturated carbocycles. The van der Waals surface area contributed by atoms with Gasteiger partial charge >= 0.3 is 0 Å². The number of nitrogens with zero attached hydrogens (tertiary/aromatic N) is 2. The van der Waals surface area contributed by atoms with Gasteiger partial charge in [-0.05, 0) is 31.5 Å². The number of rotatable bonds is 6. The average Bonchev–Trinajstić information content (AvgIpc) is 2.85. The lowest BCUT2D eigenvalue weighted by atomic mass is 10.0. The van der Waals surface area contributed by atoms with Crippen LogP contribution in [0.4, 0.5) is 0 Å². The fourth-order valence-corrected chi connectivity index (χ4v) is 2.60. The molecule has 6 heteroatoms. The molecule has 0 aliphatic heterocycles. The highest BCUT2D eigenvalue weighted by molar-refractivity contribution is 6.30. The van der Waals surface area contributed by atoms with E-state index in [4.69, 9.17) is 20.9 Å². The maximum atomic E-state index is 12.6. The van der Waals surface area contributed by atoms with Gasteiger partial charge in [0.1, 0.15) is 5.76 Å². The number of ether oxygens (including phenoxy) is 1. The molecule has 1 atom stereocenters. The Kier molecular flexibility index (Phi) is 5.80. The molecule has 0 aliphatic carbocycles. The predicted molar refractivity (Wildman–Crippen MR) is 88.5 cm³/mol. The fourth-order valence-electron chi connectivity index (χ4n) is 2.48. The lowest BCUT2D eigenvalue weighted by Gasteiger charge is -2.28. The topological polar surface area (TPSA) is 55.6 Å². The second-order valence-corrected chi connectivity index (χ2v) is 5.94. The van der Waals surface area contributed by atoms with Crippen LogP contribution in [-0.4, -0.2) is 36.7 Å². The minimum absolute atomic E-state index is 0.0172. The third-order valence-corrected chi connectivity index (χ3v) is 4.20. The summed E-state index contributed by atoms with van der Waals surface area (Å²) in [5, 5.41) is 4.55. The number of carbonyl (C=O) groups is 1. The van der Waals surface area contributed by atoms with E-state index in [1.165, 1.54) is 0 Å². The van der Waals surface area contributed by atoms with E-state index in [0.29, 0.717) is 17.4 Å². The Balaban J connectivity index is 2.18.